The summed E-state index contributed by atoms with van der Waals surface area (Å²) in [5, 5.41) is 19.1. The molecule has 0 heterocycles. The Morgan fingerprint density at radius 1 is 1.33 bits per heavy atom. The molecule has 0 fully saturated rings. The van der Waals surface area contributed by atoms with Gasteiger partial charge in [-0.25, -0.2) is 0 Å². The Hall–Kier alpha value is -2.28. The number of hydrogen-bond acceptors (Lipinski definition) is 5. The normalized spacial score (nSPS) is 16.4. The van der Waals surface area contributed by atoms with Crippen LogP contribution in [-0.4, -0.2) is 47.4 Å². The molecule has 162 valence electrons. The first-order chi connectivity index (χ1) is 14.3. The van der Waals surface area contributed by atoms with Crippen molar-refractivity contribution in [1.82, 2.24) is 4.90 Å². The Bertz CT molecular complexity index is 917. The number of hydrogen-bond donors (Lipinski definition) is 2. The van der Waals surface area contributed by atoms with Gasteiger partial charge in [0.25, 0.3) is 0 Å². The number of aliphatic hydroxyl groups is 1. The first kappa shape index (κ1) is 22.4. The van der Waals surface area contributed by atoms with Crippen LogP contribution in [-0.2, 0) is 17.8 Å². The SMILES string of the molecule is CCOc1cc(O[C@H]2CCc3c(C)cccc32)c(Cl)cc1CN(C)[C@@H](CO)C(=O)O. The van der Waals surface area contributed by atoms with Gasteiger partial charge in [0.15, 0.2) is 0 Å². The van der Waals surface area contributed by atoms with Crippen LogP contribution in [0.5, 0.6) is 11.5 Å². The van der Waals surface area contributed by atoms with Gasteiger partial charge in [0.1, 0.15) is 23.6 Å². The molecule has 0 amide bonds. The van der Waals surface area contributed by atoms with E-state index in [9.17, 15) is 15.0 Å². The lowest BCUT2D eigenvalue weighted by molar-refractivity contribution is -0.144. The van der Waals surface area contributed by atoms with Gasteiger partial charge >= 0.3 is 5.97 Å². The van der Waals surface area contributed by atoms with E-state index in [2.05, 4.69) is 19.1 Å². The Morgan fingerprint density at radius 3 is 2.77 bits per heavy atom. The first-order valence-corrected chi connectivity index (χ1v) is 10.5. The molecule has 1 aliphatic carbocycles. The summed E-state index contributed by atoms with van der Waals surface area (Å²) in [4.78, 5) is 12.9. The maximum absolute atomic E-state index is 11.3. The molecule has 1 aliphatic rings. The van der Waals surface area contributed by atoms with Gasteiger partial charge in [-0.1, -0.05) is 29.8 Å². The maximum atomic E-state index is 11.3. The highest BCUT2D eigenvalue weighted by molar-refractivity contribution is 6.32. The zero-order valence-electron chi connectivity index (χ0n) is 17.5. The van der Waals surface area contributed by atoms with Crippen molar-refractivity contribution >= 4 is 17.6 Å². The third-order valence-corrected chi connectivity index (χ3v) is 5.84. The van der Waals surface area contributed by atoms with E-state index < -0.39 is 18.6 Å². The van der Waals surface area contributed by atoms with Crippen LogP contribution in [0.3, 0.4) is 0 Å². The Morgan fingerprint density at radius 2 is 2.10 bits per heavy atom. The van der Waals surface area contributed by atoms with Crippen LogP contribution in [0.15, 0.2) is 30.3 Å². The molecule has 0 spiro atoms. The molecule has 3 rings (SSSR count). The molecule has 6 nitrogen and oxygen atoms in total. The van der Waals surface area contributed by atoms with Crippen molar-refractivity contribution in [3.8, 4) is 11.5 Å². The molecule has 0 saturated carbocycles. The summed E-state index contributed by atoms with van der Waals surface area (Å²) in [7, 11) is 1.64. The van der Waals surface area contributed by atoms with Gasteiger partial charge in [-0.3, -0.25) is 9.69 Å². The summed E-state index contributed by atoms with van der Waals surface area (Å²) >= 11 is 6.53. The lowest BCUT2D eigenvalue weighted by Crippen LogP contribution is -2.40. The first-order valence-electron chi connectivity index (χ1n) is 10.1. The molecule has 0 saturated heterocycles. The van der Waals surface area contributed by atoms with E-state index in [4.69, 9.17) is 21.1 Å². The minimum atomic E-state index is -1.08. The number of carboxylic acids is 1. The summed E-state index contributed by atoms with van der Waals surface area (Å²) in [6, 6.07) is 8.78. The van der Waals surface area contributed by atoms with E-state index >= 15 is 0 Å². The van der Waals surface area contributed by atoms with E-state index in [1.54, 1.807) is 24.1 Å². The van der Waals surface area contributed by atoms with Crippen molar-refractivity contribution in [3.63, 3.8) is 0 Å². The van der Waals surface area contributed by atoms with Crippen LogP contribution in [0.25, 0.3) is 0 Å². The number of halogens is 1. The quantitative estimate of drug-likeness (QED) is 0.622. The van der Waals surface area contributed by atoms with E-state index in [-0.39, 0.29) is 12.6 Å². The second kappa shape index (κ2) is 9.69. The van der Waals surface area contributed by atoms with E-state index in [1.807, 2.05) is 13.0 Å². The highest BCUT2D eigenvalue weighted by Crippen LogP contribution is 2.41. The molecule has 2 aromatic carbocycles. The van der Waals surface area contributed by atoms with Gasteiger partial charge in [-0.05, 0) is 56.5 Å². The summed E-state index contributed by atoms with van der Waals surface area (Å²) in [5.74, 6) is 0.0512. The highest BCUT2D eigenvalue weighted by atomic mass is 35.5. The van der Waals surface area contributed by atoms with Crippen LogP contribution < -0.4 is 9.47 Å². The van der Waals surface area contributed by atoms with Crippen LogP contribution in [0.2, 0.25) is 5.02 Å². The number of aliphatic hydroxyl groups excluding tert-OH is 1. The van der Waals surface area contributed by atoms with Gasteiger partial charge in [-0.2, -0.15) is 0 Å². The molecule has 2 N–H and O–H groups in total. The number of ether oxygens (including phenoxy) is 2. The molecule has 0 bridgehead atoms. The second-order valence-corrected chi connectivity index (χ2v) is 7.97. The molecule has 7 heteroatoms. The van der Waals surface area contributed by atoms with Gasteiger partial charge in [-0.15, -0.1) is 0 Å². The molecular weight excluding hydrogens is 406 g/mol. The van der Waals surface area contributed by atoms with E-state index in [0.717, 1.165) is 18.4 Å². The molecule has 0 aromatic heterocycles. The number of nitrogens with zero attached hydrogens (tertiary/aromatic N) is 1. The molecule has 2 atom stereocenters. The number of benzene rings is 2. The standard InChI is InChI=1S/C23H28ClNO5/c1-4-29-21-11-22(30-20-9-8-16-14(2)6-5-7-17(16)20)18(24)10-15(21)12-25(3)19(13-26)23(27)28/h5-7,10-11,19-20,26H,4,8-9,12-13H2,1-3H3,(H,27,28)/t19-,20-/m0/s1. The Labute approximate surface area is 182 Å². The predicted octanol–water partition coefficient (Wildman–Crippen LogP) is 3.99. The van der Waals surface area contributed by atoms with Crippen molar-refractivity contribution in [3.05, 3.63) is 57.6 Å². The van der Waals surface area contributed by atoms with Crippen molar-refractivity contribution in [2.45, 2.75) is 45.4 Å². The lowest BCUT2D eigenvalue weighted by Gasteiger charge is -2.25. The number of likely N-dealkylation sites (N-methyl/N-ethyl adjacent to an activating group) is 1. The Kier molecular flexibility index (Phi) is 7.23. The van der Waals surface area contributed by atoms with E-state index in [1.165, 1.54) is 16.7 Å². The monoisotopic (exact) mass is 433 g/mol. The smallest absolute Gasteiger partial charge is 0.323 e. The summed E-state index contributed by atoms with van der Waals surface area (Å²) in [6.45, 7) is 4.23. The minimum Gasteiger partial charge on any atom is -0.493 e. The number of carbonyl (C=O) groups is 1. The van der Waals surface area contributed by atoms with Crippen molar-refractivity contribution in [1.29, 1.82) is 0 Å². The zero-order valence-corrected chi connectivity index (χ0v) is 18.3. The average molecular weight is 434 g/mol. The molecule has 0 aliphatic heterocycles. The number of aryl methyl sites for hydroxylation is 1. The molecule has 0 radical (unpaired) electrons. The second-order valence-electron chi connectivity index (χ2n) is 7.56. The molecular formula is C23H28ClNO5. The van der Waals surface area contributed by atoms with Gasteiger partial charge in [0.05, 0.1) is 18.2 Å². The molecule has 30 heavy (non-hydrogen) atoms. The molecule has 0 unspecified atom stereocenters. The number of aliphatic carboxylic acids is 1. The third kappa shape index (κ3) is 4.72. The fourth-order valence-corrected chi connectivity index (χ4v) is 4.17. The zero-order chi connectivity index (χ0) is 21.8. The summed E-state index contributed by atoms with van der Waals surface area (Å²) in [5.41, 5.74) is 4.54. The van der Waals surface area contributed by atoms with E-state index in [0.29, 0.717) is 23.1 Å². The lowest BCUT2D eigenvalue weighted by atomic mass is 10.0. The maximum Gasteiger partial charge on any atom is 0.323 e. The topological polar surface area (TPSA) is 79.2 Å². The molecule has 2 aromatic rings. The van der Waals surface area contributed by atoms with Gasteiger partial charge in [0, 0.05) is 18.2 Å². The number of fused-ring (bicyclic) bond motifs is 1. The highest BCUT2D eigenvalue weighted by Gasteiger charge is 2.27. The third-order valence-electron chi connectivity index (χ3n) is 5.54. The summed E-state index contributed by atoms with van der Waals surface area (Å²) in [6.07, 6.45) is 1.80. The predicted molar refractivity (Wildman–Crippen MR) is 115 cm³/mol. The minimum absolute atomic E-state index is 0.0637. The fraction of sp³-hybridized carbons (Fsp3) is 0.435. The van der Waals surface area contributed by atoms with Crippen LogP contribution in [0, 0.1) is 6.92 Å². The Balaban J connectivity index is 1.85. The van der Waals surface area contributed by atoms with Crippen molar-refractivity contribution in [2.24, 2.45) is 0 Å². The van der Waals surface area contributed by atoms with Crippen LogP contribution >= 0.6 is 11.6 Å². The largest absolute Gasteiger partial charge is 0.493 e. The fourth-order valence-electron chi connectivity index (χ4n) is 3.94. The van der Waals surface area contributed by atoms with Crippen molar-refractivity contribution in [2.75, 3.05) is 20.3 Å². The van der Waals surface area contributed by atoms with Crippen molar-refractivity contribution < 1.29 is 24.5 Å². The van der Waals surface area contributed by atoms with Gasteiger partial charge in [0.2, 0.25) is 0 Å². The van der Waals surface area contributed by atoms with Crippen LogP contribution in [0.1, 0.15) is 41.7 Å². The number of rotatable bonds is 9. The van der Waals surface area contributed by atoms with Crippen LogP contribution in [0.4, 0.5) is 0 Å². The number of carboxylic acid groups (broad SMARTS) is 1. The summed E-state index contributed by atoms with van der Waals surface area (Å²) < 4.78 is 12.1. The average Bonchev–Trinajstić information content (AvgIpc) is 3.10. The van der Waals surface area contributed by atoms with Gasteiger partial charge < -0.3 is 19.7 Å².